The Labute approximate surface area is 93.3 Å². The molecular formula is C11H12N2O3. The maximum absolute atomic E-state index is 10.9. The van der Waals surface area contributed by atoms with Gasteiger partial charge in [-0.1, -0.05) is 6.07 Å². The van der Waals surface area contributed by atoms with Crippen LogP contribution in [0.5, 0.6) is 5.75 Å². The van der Waals surface area contributed by atoms with Crippen molar-refractivity contribution in [3.8, 4) is 5.75 Å². The van der Waals surface area contributed by atoms with Gasteiger partial charge in [0.2, 0.25) is 6.08 Å². The topological polar surface area (TPSA) is 59.0 Å². The van der Waals surface area contributed by atoms with Crippen molar-refractivity contribution in [1.29, 1.82) is 0 Å². The SMILES string of the molecule is CN(C)c1cccc(OCC(=O)N=C=O)c1. The van der Waals surface area contributed by atoms with Crippen LogP contribution in [0.1, 0.15) is 0 Å². The van der Waals surface area contributed by atoms with Crippen molar-refractivity contribution >= 4 is 17.7 Å². The molecule has 0 atom stereocenters. The molecule has 1 aromatic carbocycles. The van der Waals surface area contributed by atoms with E-state index in [4.69, 9.17) is 4.74 Å². The highest BCUT2D eigenvalue weighted by Crippen LogP contribution is 2.19. The number of benzene rings is 1. The highest BCUT2D eigenvalue weighted by molar-refractivity contribution is 5.82. The number of anilines is 1. The van der Waals surface area contributed by atoms with Crippen LogP contribution in [0.25, 0.3) is 0 Å². The van der Waals surface area contributed by atoms with Crippen LogP contribution in [0.15, 0.2) is 29.3 Å². The average molecular weight is 220 g/mol. The van der Waals surface area contributed by atoms with Gasteiger partial charge in [-0.15, -0.1) is 4.99 Å². The number of nitrogens with zero attached hydrogens (tertiary/aromatic N) is 2. The lowest BCUT2D eigenvalue weighted by molar-refractivity contribution is -0.119. The smallest absolute Gasteiger partial charge is 0.294 e. The summed E-state index contributed by atoms with van der Waals surface area (Å²) in [5.41, 5.74) is 0.962. The summed E-state index contributed by atoms with van der Waals surface area (Å²) in [5.74, 6) is -0.0918. The fourth-order valence-electron chi connectivity index (χ4n) is 1.08. The number of hydrogen-bond donors (Lipinski definition) is 0. The third kappa shape index (κ3) is 3.55. The molecule has 1 amide bonds. The molecule has 0 aliphatic rings. The first-order valence-corrected chi connectivity index (χ1v) is 4.64. The number of ether oxygens (including phenoxy) is 1. The number of aliphatic imine (C=N–C) groups is 1. The first kappa shape index (κ1) is 11.9. The van der Waals surface area contributed by atoms with Crippen molar-refractivity contribution in [2.75, 3.05) is 25.6 Å². The Hall–Kier alpha value is -2.13. The molecule has 0 saturated carbocycles. The molecule has 0 aliphatic carbocycles. The standard InChI is InChI=1S/C11H12N2O3/c1-13(2)9-4-3-5-10(6-9)16-7-11(15)12-8-14/h3-6H,7H2,1-2H3. The van der Waals surface area contributed by atoms with E-state index in [1.54, 1.807) is 12.1 Å². The van der Waals surface area contributed by atoms with E-state index >= 15 is 0 Å². The molecule has 0 saturated heterocycles. The number of carbonyl (C=O) groups excluding carboxylic acids is 2. The Morgan fingerprint density at radius 1 is 1.50 bits per heavy atom. The van der Waals surface area contributed by atoms with Crippen molar-refractivity contribution in [3.63, 3.8) is 0 Å². The first-order valence-electron chi connectivity index (χ1n) is 4.64. The Kier molecular flexibility index (Phi) is 4.24. The lowest BCUT2D eigenvalue weighted by atomic mass is 10.3. The zero-order valence-corrected chi connectivity index (χ0v) is 9.14. The second-order valence-electron chi connectivity index (χ2n) is 3.28. The maximum Gasteiger partial charge on any atom is 0.294 e. The molecule has 0 fully saturated rings. The second-order valence-corrected chi connectivity index (χ2v) is 3.28. The van der Waals surface area contributed by atoms with Crippen molar-refractivity contribution < 1.29 is 14.3 Å². The van der Waals surface area contributed by atoms with Gasteiger partial charge in [0, 0.05) is 25.8 Å². The Bertz CT molecular complexity index is 423. The van der Waals surface area contributed by atoms with Crippen LogP contribution in [0.3, 0.4) is 0 Å². The molecule has 16 heavy (non-hydrogen) atoms. The molecule has 5 heteroatoms. The molecule has 0 aliphatic heterocycles. The first-order chi connectivity index (χ1) is 7.63. The minimum atomic E-state index is -0.648. The van der Waals surface area contributed by atoms with E-state index in [9.17, 15) is 9.59 Å². The summed E-state index contributed by atoms with van der Waals surface area (Å²) < 4.78 is 5.16. The molecule has 1 aromatic rings. The second kappa shape index (κ2) is 5.68. The molecule has 0 heterocycles. The maximum atomic E-state index is 10.9. The summed E-state index contributed by atoms with van der Waals surface area (Å²) in [5, 5.41) is 0. The molecule has 5 nitrogen and oxygen atoms in total. The van der Waals surface area contributed by atoms with Gasteiger partial charge in [-0.2, -0.15) is 0 Å². The highest BCUT2D eigenvalue weighted by atomic mass is 16.5. The Morgan fingerprint density at radius 3 is 2.88 bits per heavy atom. The number of isocyanates is 1. The van der Waals surface area contributed by atoms with Crippen molar-refractivity contribution in [2.45, 2.75) is 0 Å². The van der Waals surface area contributed by atoms with E-state index in [1.807, 2.05) is 31.1 Å². The molecule has 0 N–H and O–H groups in total. The third-order valence-electron chi connectivity index (χ3n) is 1.87. The largest absolute Gasteiger partial charge is 0.484 e. The summed E-state index contributed by atoms with van der Waals surface area (Å²) in [6.07, 6.45) is 1.17. The van der Waals surface area contributed by atoms with Gasteiger partial charge >= 0.3 is 0 Å². The van der Waals surface area contributed by atoms with E-state index in [-0.39, 0.29) is 6.61 Å². The van der Waals surface area contributed by atoms with E-state index in [0.29, 0.717) is 5.75 Å². The van der Waals surface area contributed by atoms with Crippen molar-refractivity contribution in [1.82, 2.24) is 0 Å². The summed E-state index contributed by atoms with van der Waals surface area (Å²) in [4.78, 5) is 25.5. The molecule has 84 valence electrons. The van der Waals surface area contributed by atoms with Crippen molar-refractivity contribution in [2.24, 2.45) is 4.99 Å². The zero-order valence-electron chi connectivity index (χ0n) is 9.14. The molecule has 0 spiro atoms. The van der Waals surface area contributed by atoms with Gasteiger partial charge in [0.25, 0.3) is 5.91 Å². The third-order valence-corrected chi connectivity index (χ3v) is 1.87. The van der Waals surface area contributed by atoms with Crippen LogP contribution < -0.4 is 9.64 Å². The van der Waals surface area contributed by atoms with Gasteiger partial charge in [-0.3, -0.25) is 4.79 Å². The van der Waals surface area contributed by atoms with Crippen LogP contribution in [-0.2, 0) is 9.59 Å². The van der Waals surface area contributed by atoms with Gasteiger partial charge in [0.1, 0.15) is 5.75 Å². The summed E-state index contributed by atoms with van der Waals surface area (Å²) in [7, 11) is 3.81. The monoisotopic (exact) mass is 220 g/mol. The minimum Gasteiger partial charge on any atom is -0.484 e. The Morgan fingerprint density at radius 2 is 2.25 bits per heavy atom. The average Bonchev–Trinajstić information content (AvgIpc) is 2.27. The summed E-state index contributed by atoms with van der Waals surface area (Å²) in [6, 6.07) is 7.25. The van der Waals surface area contributed by atoms with Crippen molar-refractivity contribution in [3.05, 3.63) is 24.3 Å². The van der Waals surface area contributed by atoms with E-state index in [0.717, 1.165) is 5.69 Å². The van der Waals surface area contributed by atoms with Crippen LogP contribution in [0.2, 0.25) is 0 Å². The molecule has 0 unspecified atom stereocenters. The number of carbonyl (C=O) groups is 1. The van der Waals surface area contributed by atoms with E-state index < -0.39 is 5.91 Å². The highest BCUT2D eigenvalue weighted by Gasteiger charge is 2.02. The quantitative estimate of drug-likeness (QED) is 0.561. The molecule has 0 aromatic heterocycles. The normalized spacial score (nSPS) is 9.12. The van der Waals surface area contributed by atoms with Crippen LogP contribution >= 0.6 is 0 Å². The predicted molar refractivity (Wildman–Crippen MR) is 59.4 cm³/mol. The zero-order chi connectivity index (χ0) is 12.0. The number of rotatable bonds is 4. The van der Waals surface area contributed by atoms with Gasteiger partial charge in [-0.25, -0.2) is 4.79 Å². The number of amides is 1. The summed E-state index contributed by atoms with van der Waals surface area (Å²) >= 11 is 0. The minimum absolute atomic E-state index is 0.258. The van der Waals surface area contributed by atoms with Crippen LogP contribution in [0.4, 0.5) is 5.69 Å². The van der Waals surface area contributed by atoms with Gasteiger partial charge in [0.05, 0.1) is 0 Å². The predicted octanol–water partition coefficient (Wildman–Crippen LogP) is 0.994. The molecular weight excluding hydrogens is 208 g/mol. The van der Waals surface area contributed by atoms with Crippen LogP contribution in [0, 0.1) is 0 Å². The van der Waals surface area contributed by atoms with Gasteiger partial charge in [0.15, 0.2) is 6.61 Å². The Balaban J connectivity index is 2.64. The van der Waals surface area contributed by atoms with E-state index in [1.165, 1.54) is 6.08 Å². The molecule has 0 bridgehead atoms. The molecule has 1 rings (SSSR count). The fourth-order valence-corrected chi connectivity index (χ4v) is 1.08. The fraction of sp³-hybridized carbons (Fsp3) is 0.273. The molecule has 0 radical (unpaired) electrons. The van der Waals surface area contributed by atoms with E-state index in [2.05, 4.69) is 4.99 Å². The number of hydrogen-bond acceptors (Lipinski definition) is 4. The van der Waals surface area contributed by atoms with Gasteiger partial charge < -0.3 is 9.64 Å². The van der Waals surface area contributed by atoms with Gasteiger partial charge in [-0.05, 0) is 12.1 Å². The lowest BCUT2D eigenvalue weighted by Crippen LogP contribution is -2.10. The summed E-state index contributed by atoms with van der Waals surface area (Å²) in [6.45, 7) is -0.258. The van der Waals surface area contributed by atoms with Crippen LogP contribution in [-0.4, -0.2) is 32.7 Å². The lowest BCUT2D eigenvalue weighted by Gasteiger charge is -2.13.